The minimum atomic E-state index is 1.28. The van der Waals surface area contributed by atoms with Crippen LogP contribution in [0.25, 0.3) is 0 Å². The molecule has 1 rings (SSSR count). The molecule has 0 saturated carbocycles. The van der Waals surface area contributed by atoms with Crippen LogP contribution in [0.3, 0.4) is 0 Å². The van der Waals surface area contributed by atoms with Gasteiger partial charge in [0.15, 0.2) is 0 Å². The van der Waals surface area contributed by atoms with Crippen LogP contribution in [-0.4, -0.2) is 17.8 Å². The van der Waals surface area contributed by atoms with Gasteiger partial charge in [-0.2, -0.15) is 0 Å². The van der Waals surface area contributed by atoms with Crippen LogP contribution in [-0.2, 0) is 0 Å². The lowest BCUT2D eigenvalue weighted by Gasteiger charge is -2.24. The van der Waals surface area contributed by atoms with E-state index in [2.05, 4.69) is 14.1 Å². The fourth-order valence-electron chi connectivity index (χ4n) is 0.341. The molecular weight excluding hydrogens is 105 g/mol. The number of rotatable bonds is 0. The fraction of sp³-hybridized carbons (Fsp3) is 1.00. The van der Waals surface area contributed by atoms with Crippen molar-refractivity contribution in [3.63, 3.8) is 0 Å². The van der Waals surface area contributed by atoms with Crippen molar-refractivity contribution in [3.8, 4) is 0 Å². The van der Waals surface area contributed by atoms with Crippen LogP contribution in [0.4, 0.5) is 0 Å². The molecule has 0 amide bonds. The molecule has 1 aliphatic rings. The SMILES string of the molecule is CC.PN1CCC1. The summed E-state index contributed by atoms with van der Waals surface area (Å²) in [5, 5.41) is 0. The van der Waals surface area contributed by atoms with Crippen molar-refractivity contribution in [2.45, 2.75) is 20.3 Å². The van der Waals surface area contributed by atoms with Crippen molar-refractivity contribution in [2.75, 3.05) is 13.1 Å². The Balaban J connectivity index is 0.000000162. The first-order valence-electron chi connectivity index (χ1n) is 2.89. The highest BCUT2D eigenvalue weighted by molar-refractivity contribution is 7.13. The first-order valence-corrected chi connectivity index (χ1v) is 3.41. The van der Waals surface area contributed by atoms with E-state index in [1.807, 2.05) is 13.8 Å². The topological polar surface area (TPSA) is 3.24 Å². The molecule has 1 aliphatic heterocycles. The lowest BCUT2D eigenvalue weighted by Crippen LogP contribution is -2.26. The van der Waals surface area contributed by atoms with Crippen LogP contribution in [0.2, 0.25) is 0 Å². The minimum Gasteiger partial charge on any atom is -0.287 e. The molecule has 1 atom stereocenters. The van der Waals surface area contributed by atoms with Gasteiger partial charge in [-0.05, 0) is 6.42 Å². The van der Waals surface area contributed by atoms with E-state index in [0.29, 0.717) is 0 Å². The molecule has 0 aromatic heterocycles. The summed E-state index contributed by atoms with van der Waals surface area (Å²) in [6.45, 7) is 6.56. The molecular formula is C5H14NP. The van der Waals surface area contributed by atoms with E-state index in [1.54, 1.807) is 0 Å². The zero-order chi connectivity index (χ0) is 5.70. The van der Waals surface area contributed by atoms with Crippen LogP contribution in [0.5, 0.6) is 0 Å². The smallest absolute Gasteiger partial charge is 0.00285 e. The van der Waals surface area contributed by atoms with Gasteiger partial charge in [-0.25, -0.2) is 0 Å². The second kappa shape index (κ2) is 4.55. The standard InChI is InChI=1S/C3H8NP.C2H6/c5-4-2-1-3-4;1-2/h1-3,5H2;1-2H3. The lowest BCUT2D eigenvalue weighted by atomic mass is 10.3. The van der Waals surface area contributed by atoms with Gasteiger partial charge in [-0.1, -0.05) is 23.2 Å². The van der Waals surface area contributed by atoms with E-state index < -0.39 is 0 Å². The second-order valence-electron chi connectivity index (χ2n) is 1.39. The van der Waals surface area contributed by atoms with Gasteiger partial charge in [0.2, 0.25) is 0 Å². The van der Waals surface area contributed by atoms with E-state index >= 15 is 0 Å². The molecule has 0 N–H and O–H groups in total. The van der Waals surface area contributed by atoms with E-state index in [1.165, 1.54) is 19.5 Å². The van der Waals surface area contributed by atoms with Gasteiger partial charge in [-0.3, -0.25) is 4.67 Å². The molecule has 1 nitrogen and oxygen atoms in total. The van der Waals surface area contributed by atoms with Gasteiger partial charge in [0.05, 0.1) is 0 Å². The molecule has 0 aliphatic carbocycles. The second-order valence-corrected chi connectivity index (χ2v) is 2.12. The Morgan fingerprint density at radius 3 is 1.57 bits per heavy atom. The molecule has 1 fully saturated rings. The quantitative estimate of drug-likeness (QED) is 0.437. The Labute approximate surface area is 48.3 Å². The van der Waals surface area contributed by atoms with Crippen LogP contribution < -0.4 is 0 Å². The Morgan fingerprint density at radius 1 is 1.29 bits per heavy atom. The third-order valence-electron chi connectivity index (χ3n) is 0.891. The van der Waals surface area contributed by atoms with Crippen LogP contribution in [0, 0.1) is 0 Å². The molecule has 1 heterocycles. The molecule has 2 heteroatoms. The van der Waals surface area contributed by atoms with Crippen molar-refractivity contribution in [2.24, 2.45) is 0 Å². The average molecular weight is 119 g/mol. The van der Waals surface area contributed by atoms with E-state index in [0.717, 1.165) is 0 Å². The number of hydrogen-bond acceptors (Lipinski definition) is 1. The van der Waals surface area contributed by atoms with Crippen molar-refractivity contribution >= 4 is 9.39 Å². The lowest BCUT2D eigenvalue weighted by molar-refractivity contribution is 0.342. The van der Waals surface area contributed by atoms with E-state index in [-0.39, 0.29) is 0 Å². The zero-order valence-electron chi connectivity index (χ0n) is 5.15. The summed E-state index contributed by atoms with van der Waals surface area (Å²) in [5.74, 6) is 0. The molecule has 1 unspecified atom stereocenters. The van der Waals surface area contributed by atoms with Gasteiger partial charge in [-0.15, -0.1) is 0 Å². The first-order chi connectivity index (χ1) is 3.39. The number of hydrogen-bond donors (Lipinski definition) is 0. The first kappa shape index (κ1) is 7.39. The van der Waals surface area contributed by atoms with Gasteiger partial charge in [0.25, 0.3) is 0 Å². The third kappa shape index (κ3) is 3.02. The molecule has 0 aromatic rings. The molecule has 0 aromatic carbocycles. The summed E-state index contributed by atoms with van der Waals surface area (Å²) >= 11 is 0. The Kier molecular flexibility index (Phi) is 4.80. The Bertz CT molecular complexity index is 35.1. The summed E-state index contributed by atoms with van der Waals surface area (Å²) in [7, 11) is 2.65. The largest absolute Gasteiger partial charge is 0.287 e. The van der Waals surface area contributed by atoms with Crippen LogP contribution >= 0.6 is 9.39 Å². The fourth-order valence-corrected chi connectivity index (χ4v) is 0.706. The maximum Gasteiger partial charge on any atom is 0.00285 e. The predicted molar refractivity (Wildman–Crippen MR) is 37.2 cm³/mol. The molecule has 0 bridgehead atoms. The third-order valence-corrected chi connectivity index (χ3v) is 1.41. The normalized spacial score (nSPS) is 19.3. The number of nitrogens with zero attached hydrogens (tertiary/aromatic N) is 1. The Morgan fingerprint density at radius 2 is 1.57 bits per heavy atom. The van der Waals surface area contributed by atoms with Crippen LogP contribution in [0.15, 0.2) is 0 Å². The minimum absolute atomic E-state index is 1.28. The Hall–Kier alpha value is 0.390. The molecule has 7 heavy (non-hydrogen) atoms. The van der Waals surface area contributed by atoms with Gasteiger partial charge in [0, 0.05) is 13.1 Å². The monoisotopic (exact) mass is 119 g/mol. The van der Waals surface area contributed by atoms with Gasteiger partial charge in [0.1, 0.15) is 0 Å². The van der Waals surface area contributed by atoms with Gasteiger partial charge >= 0.3 is 0 Å². The van der Waals surface area contributed by atoms with Gasteiger partial charge < -0.3 is 0 Å². The summed E-state index contributed by atoms with van der Waals surface area (Å²) in [5.41, 5.74) is 0. The summed E-state index contributed by atoms with van der Waals surface area (Å²) < 4.78 is 2.22. The molecule has 0 spiro atoms. The maximum absolute atomic E-state index is 2.65. The maximum atomic E-state index is 2.65. The predicted octanol–water partition coefficient (Wildman–Crippen LogP) is 1.51. The molecule has 1 saturated heterocycles. The van der Waals surface area contributed by atoms with Crippen molar-refractivity contribution in [3.05, 3.63) is 0 Å². The highest BCUT2D eigenvalue weighted by atomic mass is 31.0. The van der Waals surface area contributed by atoms with Crippen molar-refractivity contribution in [1.82, 2.24) is 4.67 Å². The van der Waals surface area contributed by atoms with Crippen LogP contribution in [0.1, 0.15) is 20.3 Å². The van der Waals surface area contributed by atoms with Crippen molar-refractivity contribution < 1.29 is 0 Å². The van der Waals surface area contributed by atoms with Crippen molar-refractivity contribution in [1.29, 1.82) is 0 Å². The summed E-state index contributed by atoms with van der Waals surface area (Å²) in [4.78, 5) is 0. The summed E-state index contributed by atoms with van der Waals surface area (Å²) in [6, 6.07) is 0. The van der Waals surface area contributed by atoms with E-state index in [4.69, 9.17) is 0 Å². The molecule has 44 valence electrons. The average Bonchev–Trinajstić information content (AvgIpc) is 1.68. The van der Waals surface area contributed by atoms with E-state index in [9.17, 15) is 0 Å². The zero-order valence-corrected chi connectivity index (χ0v) is 6.30. The highest BCUT2D eigenvalue weighted by Crippen LogP contribution is 2.09. The molecule has 0 radical (unpaired) electrons. The summed E-state index contributed by atoms with van der Waals surface area (Å²) in [6.07, 6.45) is 1.39. The highest BCUT2D eigenvalue weighted by Gasteiger charge is 2.05.